The lowest BCUT2D eigenvalue weighted by molar-refractivity contribution is 0.0392. The first-order valence-electron chi connectivity index (χ1n) is 11.2. The predicted molar refractivity (Wildman–Crippen MR) is 129 cm³/mol. The molecule has 0 bridgehead atoms. The van der Waals surface area contributed by atoms with Gasteiger partial charge >= 0.3 is 0 Å². The van der Waals surface area contributed by atoms with E-state index in [1.54, 1.807) is 0 Å². The predicted octanol–water partition coefficient (Wildman–Crippen LogP) is 3.37. The Labute approximate surface area is 187 Å². The van der Waals surface area contributed by atoms with Crippen molar-refractivity contribution in [2.75, 3.05) is 58.5 Å². The molecule has 0 aromatic heterocycles. The van der Waals surface area contributed by atoms with E-state index in [-0.39, 0.29) is 0 Å². The summed E-state index contributed by atoms with van der Waals surface area (Å²) in [5, 5.41) is 6.75. The standard InChI is InChI=1S/C23H40N4O2S/c1-4-24-23(25-12-5-6-17-30-3)26-19-20-8-7-9-22(18-20)29-16-13-27(2)21-10-14-28-15-11-21/h7-9,18,21H,4-6,10-17,19H2,1-3H3,(H2,24,25,26). The summed E-state index contributed by atoms with van der Waals surface area (Å²) >= 11 is 1.90. The van der Waals surface area contributed by atoms with Crippen molar-refractivity contribution < 1.29 is 9.47 Å². The van der Waals surface area contributed by atoms with Gasteiger partial charge in [0, 0.05) is 38.9 Å². The smallest absolute Gasteiger partial charge is 0.191 e. The zero-order chi connectivity index (χ0) is 21.4. The molecular formula is C23H40N4O2S. The zero-order valence-corrected chi connectivity index (χ0v) is 19.8. The van der Waals surface area contributed by atoms with Gasteiger partial charge in [0.25, 0.3) is 0 Å². The van der Waals surface area contributed by atoms with E-state index in [1.807, 2.05) is 23.9 Å². The zero-order valence-electron chi connectivity index (χ0n) is 19.0. The SMILES string of the molecule is CCNC(=NCc1cccc(OCCN(C)C2CCOCC2)c1)NCCCCSC. The Morgan fingerprint density at radius 3 is 2.87 bits per heavy atom. The van der Waals surface area contributed by atoms with Crippen LogP contribution in [0.2, 0.25) is 0 Å². The fraction of sp³-hybridized carbons (Fsp3) is 0.696. The quantitative estimate of drug-likeness (QED) is 0.281. The minimum atomic E-state index is 0.612. The molecule has 7 heteroatoms. The van der Waals surface area contributed by atoms with Gasteiger partial charge in [0.1, 0.15) is 12.4 Å². The summed E-state index contributed by atoms with van der Waals surface area (Å²) in [6.07, 6.45) is 6.78. The van der Waals surface area contributed by atoms with E-state index < -0.39 is 0 Å². The van der Waals surface area contributed by atoms with E-state index in [0.29, 0.717) is 19.2 Å². The Bertz CT molecular complexity index is 609. The van der Waals surface area contributed by atoms with Crippen molar-refractivity contribution in [1.82, 2.24) is 15.5 Å². The Hall–Kier alpha value is -1.44. The normalized spacial score (nSPS) is 15.4. The van der Waals surface area contributed by atoms with Crippen LogP contribution >= 0.6 is 11.8 Å². The molecule has 2 rings (SSSR count). The lowest BCUT2D eigenvalue weighted by Crippen LogP contribution is -2.38. The Morgan fingerprint density at radius 2 is 2.10 bits per heavy atom. The molecule has 2 N–H and O–H groups in total. The summed E-state index contributed by atoms with van der Waals surface area (Å²) in [4.78, 5) is 7.12. The maximum Gasteiger partial charge on any atom is 0.191 e. The summed E-state index contributed by atoms with van der Waals surface area (Å²) in [6.45, 7) is 7.92. The van der Waals surface area contributed by atoms with Gasteiger partial charge in [-0.3, -0.25) is 4.90 Å². The van der Waals surface area contributed by atoms with Crippen LogP contribution in [0.5, 0.6) is 5.75 Å². The first-order chi connectivity index (χ1) is 14.7. The second-order valence-corrected chi connectivity index (χ2v) is 8.63. The molecule has 0 aliphatic carbocycles. The van der Waals surface area contributed by atoms with E-state index >= 15 is 0 Å². The van der Waals surface area contributed by atoms with Crippen LogP contribution in [0.4, 0.5) is 0 Å². The monoisotopic (exact) mass is 436 g/mol. The lowest BCUT2D eigenvalue weighted by atomic mass is 10.1. The van der Waals surface area contributed by atoms with Gasteiger partial charge in [-0.05, 0) is 69.4 Å². The third-order valence-electron chi connectivity index (χ3n) is 5.26. The van der Waals surface area contributed by atoms with Crippen LogP contribution in [0.15, 0.2) is 29.3 Å². The molecule has 6 nitrogen and oxygen atoms in total. The van der Waals surface area contributed by atoms with Crippen molar-refractivity contribution in [1.29, 1.82) is 0 Å². The number of aliphatic imine (C=N–C) groups is 1. The van der Waals surface area contributed by atoms with Crippen LogP contribution in [0, 0.1) is 0 Å². The molecule has 0 spiro atoms. The van der Waals surface area contributed by atoms with Gasteiger partial charge in [0.15, 0.2) is 5.96 Å². The highest BCUT2D eigenvalue weighted by atomic mass is 32.2. The lowest BCUT2D eigenvalue weighted by Gasteiger charge is -2.31. The Morgan fingerprint density at radius 1 is 1.27 bits per heavy atom. The number of benzene rings is 1. The number of nitrogens with zero attached hydrogens (tertiary/aromatic N) is 2. The molecule has 1 aromatic rings. The molecule has 1 saturated heterocycles. The van der Waals surface area contributed by atoms with Crippen molar-refractivity contribution in [3.8, 4) is 5.75 Å². The highest BCUT2D eigenvalue weighted by Crippen LogP contribution is 2.15. The second kappa shape index (κ2) is 15.4. The number of hydrogen-bond acceptors (Lipinski definition) is 5. The first-order valence-corrected chi connectivity index (χ1v) is 12.6. The number of likely N-dealkylation sites (N-methyl/N-ethyl adjacent to an activating group) is 1. The van der Waals surface area contributed by atoms with Crippen LogP contribution < -0.4 is 15.4 Å². The Kier molecular flexibility index (Phi) is 12.7. The topological polar surface area (TPSA) is 58.1 Å². The summed E-state index contributed by atoms with van der Waals surface area (Å²) in [6, 6.07) is 8.88. The van der Waals surface area contributed by atoms with E-state index in [1.165, 1.54) is 12.2 Å². The van der Waals surface area contributed by atoms with Crippen LogP contribution in [-0.4, -0.2) is 75.4 Å². The first kappa shape index (κ1) is 24.8. The van der Waals surface area contributed by atoms with E-state index in [2.05, 4.69) is 47.9 Å². The molecule has 0 unspecified atom stereocenters. The van der Waals surface area contributed by atoms with Gasteiger partial charge in [0.2, 0.25) is 0 Å². The van der Waals surface area contributed by atoms with Gasteiger partial charge in [-0.1, -0.05) is 12.1 Å². The van der Waals surface area contributed by atoms with Gasteiger partial charge < -0.3 is 20.1 Å². The van der Waals surface area contributed by atoms with E-state index in [9.17, 15) is 0 Å². The van der Waals surface area contributed by atoms with Gasteiger partial charge in [0.05, 0.1) is 6.54 Å². The minimum Gasteiger partial charge on any atom is -0.492 e. The van der Waals surface area contributed by atoms with E-state index in [0.717, 1.165) is 69.4 Å². The van der Waals surface area contributed by atoms with Crippen molar-refractivity contribution in [2.45, 2.75) is 45.2 Å². The van der Waals surface area contributed by atoms with Crippen LogP contribution in [0.3, 0.4) is 0 Å². The number of unbranched alkanes of at least 4 members (excludes halogenated alkanes) is 1. The summed E-state index contributed by atoms with van der Waals surface area (Å²) in [5.74, 6) is 3.01. The molecule has 0 radical (unpaired) electrons. The molecule has 1 fully saturated rings. The summed E-state index contributed by atoms with van der Waals surface area (Å²) in [5.41, 5.74) is 1.16. The molecule has 1 aliphatic heterocycles. The van der Waals surface area contributed by atoms with Gasteiger partial charge in [-0.25, -0.2) is 4.99 Å². The maximum atomic E-state index is 6.01. The van der Waals surface area contributed by atoms with Crippen LogP contribution in [0.25, 0.3) is 0 Å². The van der Waals surface area contributed by atoms with E-state index in [4.69, 9.17) is 14.5 Å². The van der Waals surface area contributed by atoms with Crippen molar-refractivity contribution >= 4 is 17.7 Å². The molecule has 170 valence electrons. The number of nitrogens with one attached hydrogen (secondary N) is 2. The molecule has 1 heterocycles. The molecule has 0 atom stereocenters. The molecule has 1 aliphatic rings. The second-order valence-electron chi connectivity index (χ2n) is 7.64. The maximum absolute atomic E-state index is 6.01. The molecular weight excluding hydrogens is 396 g/mol. The molecule has 1 aromatic carbocycles. The van der Waals surface area contributed by atoms with Gasteiger partial charge in [-0.2, -0.15) is 11.8 Å². The van der Waals surface area contributed by atoms with Gasteiger partial charge in [-0.15, -0.1) is 0 Å². The summed E-state index contributed by atoms with van der Waals surface area (Å²) in [7, 11) is 2.18. The highest BCUT2D eigenvalue weighted by molar-refractivity contribution is 7.98. The number of guanidine groups is 1. The van der Waals surface area contributed by atoms with Crippen molar-refractivity contribution in [3.63, 3.8) is 0 Å². The number of thioether (sulfide) groups is 1. The summed E-state index contributed by atoms with van der Waals surface area (Å²) < 4.78 is 11.5. The molecule has 0 saturated carbocycles. The average Bonchev–Trinajstić information content (AvgIpc) is 2.78. The fourth-order valence-electron chi connectivity index (χ4n) is 3.44. The third-order valence-corrected chi connectivity index (χ3v) is 5.95. The van der Waals surface area contributed by atoms with Crippen LogP contribution in [0.1, 0.15) is 38.2 Å². The largest absolute Gasteiger partial charge is 0.492 e. The fourth-order valence-corrected chi connectivity index (χ4v) is 3.93. The molecule has 0 amide bonds. The molecule has 30 heavy (non-hydrogen) atoms. The Balaban J connectivity index is 1.76. The number of ether oxygens (including phenoxy) is 2. The number of hydrogen-bond donors (Lipinski definition) is 2. The third kappa shape index (κ3) is 10.0. The van der Waals surface area contributed by atoms with Crippen molar-refractivity contribution in [2.24, 2.45) is 4.99 Å². The van der Waals surface area contributed by atoms with Crippen molar-refractivity contribution in [3.05, 3.63) is 29.8 Å². The average molecular weight is 437 g/mol. The minimum absolute atomic E-state index is 0.612. The number of rotatable bonds is 13. The van der Waals surface area contributed by atoms with Crippen LogP contribution in [-0.2, 0) is 11.3 Å². The highest BCUT2D eigenvalue weighted by Gasteiger charge is 2.17.